The number of nitrogens with zero attached hydrogens (tertiary/aromatic N) is 4. The summed E-state index contributed by atoms with van der Waals surface area (Å²) in [6.45, 7) is 0. The van der Waals surface area contributed by atoms with Crippen molar-refractivity contribution in [2.24, 2.45) is 5.92 Å². The lowest BCUT2D eigenvalue weighted by Crippen LogP contribution is -2.37. The summed E-state index contributed by atoms with van der Waals surface area (Å²) in [5, 5.41) is 23.6. The molecule has 6 rings (SSSR count). The van der Waals surface area contributed by atoms with Crippen LogP contribution in [0.2, 0.25) is 0 Å². The molecule has 0 saturated carbocycles. The van der Waals surface area contributed by atoms with Crippen molar-refractivity contribution in [1.29, 1.82) is 0 Å². The Morgan fingerprint density at radius 2 is 1.28 bits per heavy atom. The average Bonchev–Trinajstić information content (AvgIpc) is 3.53. The van der Waals surface area contributed by atoms with E-state index in [0.29, 0.717) is 16.8 Å². The van der Waals surface area contributed by atoms with Crippen molar-refractivity contribution < 1.29 is 33.8 Å². The van der Waals surface area contributed by atoms with Crippen LogP contribution in [0.25, 0.3) is 0 Å². The Bertz CT molecular complexity index is 1740. The second-order valence-electron chi connectivity index (χ2n) is 9.71. The van der Waals surface area contributed by atoms with E-state index in [1.54, 1.807) is 54.6 Å². The Labute approximate surface area is 242 Å². The molecule has 214 valence electrons. The fourth-order valence-corrected chi connectivity index (χ4v) is 5.15. The van der Waals surface area contributed by atoms with Gasteiger partial charge >= 0.3 is 5.97 Å². The molecule has 43 heavy (non-hydrogen) atoms. The molecule has 0 N–H and O–H groups in total. The Hall–Kier alpha value is -5.95. The third-order valence-electron chi connectivity index (χ3n) is 7.19. The Morgan fingerprint density at radius 1 is 0.721 bits per heavy atom. The van der Waals surface area contributed by atoms with Gasteiger partial charge in [-0.3, -0.25) is 34.7 Å². The molecule has 2 heterocycles. The molecule has 2 amide bonds. The van der Waals surface area contributed by atoms with Gasteiger partial charge in [0, 0.05) is 24.3 Å². The molecule has 2 aliphatic rings. The highest BCUT2D eigenvalue weighted by atomic mass is 16.7. The number of imide groups is 1. The zero-order valence-electron chi connectivity index (χ0n) is 22.0. The topological polar surface area (TPSA) is 162 Å². The molecule has 2 aliphatic heterocycles. The fourth-order valence-electron chi connectivity index (χ4n) is 5.15. The van der Waals surface area contributed by atoms with Gasteiger partial charge in [-0.05, 0) is 54.1 Å². The van der Waals surface area contributed by atoms with Crippen LogP contribution in [0.3, 0.4) is 0 Å². The van der Waals surface area contributed by atoms with Crippen molar-refractivity contribution >= 4 is 40.5 Å². The normalized spacial score (nSPS) is 19.3. The van der Waals surface area contributed by atoms with Gasteiger partial charge in [-0.15, -0.1) is 0 Å². The maximum absolute atomic E-state index is 13.8. The molecule has 4 aromatic rings. The number of rotatable bonds is 7. The second-order valence-corrected chi connectivity index (χ2v) is 9.71. The standard InChI is InChI=1S/C30H20N4O9/c35-28-25-26(18-6-16-24(17-7-18)42-30(37)19-4-2-1-3-5-19)32(21-10-14-23(15-11-21)34(40)41)43-27(25)29(36)31(28)20-8-12-22(13-9-20)33(38)39/h1-17,25-27H/t25-,26-,27-/m1/s1. The fraction of sp³-hybridized carbons (Fsp3) is 0.100. The molecule has 2 fully saturated rings. The van der Waals surface area contributed by atoms with E-state index in [1.165, 1.54) is 53.6 Å². The van der Waals surface area contributed by atoms with E-state index in [9.17, 15) is 34.6 Å². The molecule has 3 atom stereocenters. The monoisotopic (exact) mass is 580 g/mol. The van der Waals surface area contributed by atoms with Crippen LogP contribution in [-0.2, 0) is 14.4 Å². The van der Waals surface area contributed by atoms with Crippen LogP contribution in [0.15, 0.2) is 103 Å². The van der Waals surface area contributed by atoms with E-state index in [4.69, 9.17) is 9.57 Å². The number of fused-ring (bicyclic) bond motifs is 1. The van der Waals surface area contributed by atoms with E-state index >= 15 is 0 Å². The minimum Gasteiger partial charge on any atom is -0.423 e. The zero-order chi connectivity index (χ0) is 30.2. The number of nitro groups is 2. The van der Waals surface area contributed by atoms with Crippen LogP contribution < -0.4 is 14.7 Å². The number of hydrogen-bond donors (Lipinski definition) is 0. The van der Waals surface area contributed by atoms with Crippen molar-refractivity contribution in [2.75, 3.05) is 9.96 Å². The number of benzene rings is 4. The maximum atomic E-state index is 13.8. The highest BCUT2D eigenvalue weighted by Gasteiger charge is 2.60. The van der Waals surface area contributed by atoms with Crippen LogP contribution >= 0.6 is 0 Å². The lowest BCUT2D eigenvalue weighted by Gasteiger charge is -2.28. The Balaban J connectivity index is 1.33. The van der Waals surface area contributed by atoms with Gasteiger partial charge in [0.15, 0.2) is 6.10 Å². The van der Waals surface area contributed by atoms with Crippen LogP contribution in [0.1, 0.15) is 22.0 Å². The largest absolute Gasteiger partial charge is 0.423 e. The lowest BCUT2D eigenvalue weighted by molar-refractivity contribution is -0.385. The van der Waals surface area contributed by atoms with Gasteiger partial charge in [0.2, 0.25) is 5.91 Å². The number of anilines is 2. The highest BCUT2D eigenvalue weighted by molar-refractivity contribution is 6.24. The van der Waals surface area contributed by atoms with Gasteiger partial charge in [0.05, 0.1) is 32.8 Å². The van der Waals surface area contributed by atoms with Crippen LogP contribution in [0, 0.1) is 26.1 Å². The summed E-state index contributed by atoms with van der Waals surface area (Å²) in [6, 6.07) is 24.4. The smallest absolute Gasteiger partial charge is 0.343 e. The first-order valence-corrected chi connectivity index (χ1v) is 12.9. The first-order chi connectivity index (χ1) is 20.7. The van der Waals surface area contributed by atoms with Crippen molar-refractivity contribution in [3.05, 3.63) is 134 Å². The number of amides is 2. The first-order valence-electron chi connectivity index (χ1n) is 12.9. The average molecular weight is 581 g/mol. The molecule has 2 saturated heterocycles. The molecule has 4 aromatic carbocycles. The number of hydroxylamine groups is 1. The van der Waals surface area contributed by atoms with Gasteiger partial charge in [0.1, 0.15) is 11.7 Å². The van der Waals surface area contributed by atoms with Gasteiger partial charge < -0.3 is 4.74 Å². The minimum absolute atomic E-state index is 0.152. The van der Waals surface area contributed by atoms with E-state index in [1.807, 2.05) is 0 Å². The molecule has 0 bridgehead atoms. The number of hydrogen-bond acceptors (Lipinski definition) is 10. The van der Waals surface area contributed by atoms with Crippen LogP contribution in [0.5, 0.6) is 5.75 Å². The maximum Gasteiger partial charge on any atom is 0.343 e. The third kappa shape index (κ3) is 4.93. The van der Waals surface area contributed by atoms with Crippen molar-refractivity contribution in [2.45, 2.75) is 12.1 Å². The summed E-state index contributed by atoms with van der Waals surface area (Å²) < 4.78 is 5.47. The molecule has 0 radical (unpaired) electrons. The number of carbonyl (C=O) groups is 3. The van der Waals surface area contributed by atoms with Gasteiger partial charge in [-0.2, -0.15) is 0 Å². The lowest BCUT2D eigenvalue weighted by atomic mass is 9.90. The summed E-state index contributed by atoms with van der Waals surface area (Å²) in [5.74, 6) is -2.59. The van der Waals surface area contributed by atoms with Crippen molar-refractivity contribution in [3.63, 3.8) is 0 Å². The van der Waals surface area contributed by atoms with Crippen LogP contribution in [0.4, 0.5) is 22.7 Å². The molecule has 0 aliphatic carbocycles. The minimum atomic E-state index is -1.24. The number of non-ortho nitro benzene ring substituents is 2. The second kappa shape index (κ2) is 10.8. The summed E-state index contributed by atoms with van der Waals surface area (Å²) in [5.41, 5.74) is 1.08. The number of carbonyl (C=O) groups excluding carboxylic acids is 3. The Morgan fingerprint density at radius 3 is 1.84 bits per heavy atom. The van der Waals surface area contributed by atoms with Crippen LogP contribution in [-0.4, -0.2) is 33.7 Å². The Kier molecular flexibility index (Phi) is 6.84. The molecule has 0 aromatic heterocycles. The zero-order valence-corrected chi connectivity index (χ0v) is 22.0. The summed E-state index contributed by atoms with van der Waals surface area (Å²) in [7, 11) is 0. The van der Waals surface area contributed by atoms with Gasteiger partial charge in [-0.1, -0.05) is 30.3 Å². The molecule has 0 unspecified atom stereocenters. The number of ether oxygens (including phenoxy) is 1. The summed E-state index contributed by atoms with van der Waals surface area (Å²) >= 11 is 0. The predicted molar refractivity (Wildman–Crippen MR) is 150 cm³/mol. The number of nitro benzene ring substituents is 2. The molecular weight excluding hydrogens is 560 g/mol. The van der Waals surface area contributed by atoms with Crippen molar-refractivity contribution in [1.82, 2.24) is 0 Å². The molecule has 13 heteroatoms. The van der Waals surface area contributed by atoms with E-state index in [-0.39, 0.29) is 22.8 Å². The first kappa shape index (κ1) is 27.2. The molecular formula is C30H20N4O9. The van der Waals surface area contributed by atoms with E-state index in [0.717, 1.165) is 4.90 Å². The highest BCUT2D eigenvalue weighted by Crippen LogP contribution is 2.48. The van der Waals surface area contributed by atoms with Gasteiger partial charge in [-0.25, -0.2) is 14.8 Å². The summed E-state index contributed by atoms with van der Waals surface area (Å²) in [4.78, 5) is 67.9. The summed E-state index contributed by atoms with van der Waals surface area (Å²) in [6.07, 6.45) is -1.24. The number of esters is 1. The third-order valence-corrected chi connectivity index (χ3v) is 7.19. The quantitative estimate of drug-likeness (QED) is 0.0978. The SMILES string of the molecule is O=C(Oc1ccc([C@@H]2[C@H]3C(=O)N(c4ccc([N+](=O)[O-])cc4)C(=O)[C@@H]3ON2c2ccc([N+](=O)[O-])cc2)cc1)c1ccccc1. The molecule has 0 spiro atoms. The van der Waals surface area contributed by atoms with Gasteiger partial charge in [0.25, 0.3) is 17.3 Å². The van der Waals surface area contributed by atoms with Crippen molar-refractivity contribution in [3.8, 4) is 5.75 Å². The van der Waals surface area contributed by atoms with E-state index in [2.05, 4.69) is 0 Å². The molecule has 13 nitrogen and oxygen atoms in total. The van der Waals surface area contributed by atoms with E-state index < -0.39 is 45.7 Å². The predicted octanol–water partition coefficient (Wildman–Crippen LogP) is 4.77.